The number of benzene rings is 1. The third kappa shape index (κ3) is 3.64. The highest BCUT2D eigenvalue weighted by Gasteiger charge is 2.22. The largest absolute Gasteiger partial charge is 0.496 e. The SMILES string of the molecule is COc1ccccc1C(=O)CSc1nnc(C)n1C1CCCCC1. The third-order valence-corrected chi connectivity index (χ3v) is 5.46. The summed E-state index contributed by atoms with van der Waals surface area (Å²) >= 11 is 1.47. The fourth-order valence-corrected chi connectivity index (χ4v) is 4.23. The first kappa shape index (κ1) is 17.0. The Kier molecular flexibility index (Phi) is 5.56. The lowest BCUT2D eigenvalue weighted by atomic mass is 9.95. The Morgan fingerprint density at radius 1 is 1.25 bits per heavy atom. The molecule has 128 valence electrons. The molecule has 1 aliphatic carbocycles. The van der Waals surface area contributed by atoms with Crippen molar-refractivity contribution in [2.45, 2.75) is 50.2 Å². The summed E-state index contributed by atoms with van der Waals surface area (Å²) in [6, 6.07) is 7.81. The van der Waals surface area contributed by atoms with Crippen LogP contribution in [0.5, 0.6) is 5.75 Å². The van der Waals surface area contributed by atoms with Crippen LogP contribution >= 0.6 is 11.8 Å². The molecule has 0 atom stereocenters. The second-order valence-electron chi connectivity index (χ2n) is 6.10. The van der Waals surface area contributed by atoms with E-state index < -0.39 is 0 Å². The molecule has 1 aromatic carbocycles. The van der Waals surface area contributed by atoms with Gasteiger partial charge in [-0.05, 0) is 31.9 Å². The molecule has 6 heteroatoms. The lowest BCUT2D eigenvalue weighted by Gasteiger charge is -2.24. The standard InChI is InChI=1S/C18H23N3O2S/c1-13-19-20-18(21(13)14-8-4-3-5-9-14)24-12-16(22)15-10-6-7-11-17(15)23-2/h6-7,10-11,14H,3-5,8-9,12H2,1-2H3. The number of aromatic nitrogens is 3. The van der Waals surface area contributed by atoms with E-state index in [9.17, 15) is 4.79 Å². The quantitative estimate of drug-likeness (QED) is 0.583. The van der Waals surface area contributed by atoms with Crippen LogP contribution in [0.2, 0.25) is 0 Å². The molecule has 0 spiro atoms. The maximum absolute atomic E-state index is 12.5. The molecule has 0 radical (unpaired) electrons. The Bertz CT molecular complexity index is 708. The highest BCUT2D eigenvalue weighted by molar-refractivity contribution is 7.99. The number of para-hydroxylation sites is 1. The van der Waals surface area contributed by atoms with Crippen LogP contribution in [0.4, 0.5) is 0 Å². The van der Waals surface area contributed by atoms with Gasteiger partial charge in [-0.3, -0.25) is 4.79 Å². The van der Waals surface area contributed by atoms with E-state index in [4.69, 9.17) is 4.74 Å². The van der Waals surface area contributed by atoms with Crippen LogP contribution in [-0.4, -0.2) is 33.4 Å². The summed E-state index contributed by atoms with van der Waals surface area (Å²) in [6.45, 7) is 1.99. The zero-order valence-corrected chi connectivity index (χ0v) is 15.0. The molecule has 1 heterocycles. The lowest BCUT2D eigenvalue weighted by Crippen LogP contribution is -2.15. The molecule has 1 aromatic heterocycles. The number of carbonyl (C=O) groups is 1. The number of aryl methyl sites for hydroxylation is 1. The van der Waals surface area contributed by atoms with E-state index in [0.717, 1.165) is 11.0 Å². The van der Waals surface area contributed by atoms with Crippen molar-refractivity contribution in [3.8, 4) is 5.75 Å². The third-order valence-electron chi connectivity index (χ3n) is 4.51. The molecule has 0 amide bonds. The minimum absolute atomic E-state index is 0.0493. The predicted molar refractivity (Wildman–Crippen MR) is 94.9 cm³/mol. The van der Waals surface area contributed by atoms with E-state index in [1.165, 1.54) is 43.9 Å². The lowest BCUT2D eigenvalue weighted by molar-refractivity contribution is 0.101. The van der Waals surface area contributed by atoms with Gasteiger partial charge in [-0.25, -0.2) is 0 Å². The van der Waals surface area contributed by atoms with E-state index in [2.05, 4.69) is 14.8 Å². The molecule has 5 nitrogen and oxygen atoms in total. The van der Waals surface area contributed by atoms with E-state index >= 15 is 0 Å². The number of methoxy groups -OCH3 is 1. The van der Waals surface area contributed by atoms with Crippen molar-refractivity contribution in [2.75, 3.05) is 12.9 Å². The second kappa shape index (κ2) is 7.83. The van der Waals surface area contributed by atoms with E-state index in [-0.39, 0.29) is 5.78 Å². The smallest absolute Gasteiger partial charge is 0.191 e. The summed E-state index contributed by atoms with van der Waals surface area (Å²) in [5.41, 5.74) is 0.618. The van der Waals surface area contributed by atoms with Crippen molar-refractivity contribution in [2.24, 2.45) is 0 Å². The van der Waals surface area contributed by atoms with Gasteiger partial charge in [0.15, 0.2) is 10.9 Å². The zero-order chi connectivity index (χ0) is 16.9. The number of Topliss-reactive ketones (excluding diaryl/α,β-unsaturated/α-hetero) is 1. The number of rotatable bonds is 6. The average molecular weight is 345 g/mol. The molecule has 0 N–H and O–H groups in total. The van der Waals surface area contributed by atoms with Gasteiger partial charge in [0.1, 0.15) is 11.6 Å². The molecule has 1 saturated carbocycles. The number of thioether (sulfide) groups is 1. The van der Waals surface area contributed by atoms with E-state index in [0.29, 0.717) is 23.1 Å². The molecular weight excluding hydrogens is 322 g/mol. The minimum atomic E-state index is 0.0493. The fourth-order valence-electron chi connectivity index (χ4n) is 3.29. The molecule has 24 heavy (non-hydrogen) atoms. The number of ketones is 1. The van der Waals surface area contributed by atoms with E-state index in [1.54, 1.807) is 13.2 Å². The van der Waals surface area contributed by atoms with Gasteiger partial charge in [0.05, 0.1) is 18.4 Å². The van der Waals surface area contributed by atoms with Gasteiger partial charge in [-0.1, -0.05) is 43.2 Å². The number of hydrogen-bond donors (Lipinski definition) is 0. The van der Waals surface area contributed by atoms with Crippen LogP contribution in [0.1, 0.15) is 54.3 Å². The van der Waals surface area contributed by atoms with Gasteiger partial charge in [0, 0.05) is 6.04 Å². The molecule has 3 rings (SSSR count). The van der Waals surface area contributed by atoms with Crippen LogP contribution < -0.4 is 4.74 Å². The number of carbonyl (C=O) groups excluding carboxylic acids is 1. The summed E-state index contributed by atoms with van der Waals surface area (Å²) in [7, 11) is 1.59. The first-order valence-electron chi connectivity index (χ1n) is 8.41. The van der Waals surface area contributed by atoms with Crippen molar-refractivity contribution < 1.29 is 9.53 Å². The fraction of sp³-hybridized carbons (Fsp3) is 0.500. The Hall–Kier alpha value is -1.82. The van der Waals surface area contributed by atoms with Crippen molar-refractivity contribution in [1.29, 1.82) is 0 Å². The minimum Gasteiger partial charge on any atom is -0.496 e. The maximum Gasteiger partial charge on any atom is 0.191 e. The van der Waals surface area contributed by atoms with Crippen molar-refractivity contribution in [3.05, 3.63) is 35.7 Å². The average Bonchev–Trinajstić information content (AvgIpc) is 3.01. The Morgan fingerprint density at radius 2 is 2.00 bits per heavy atom. The van der Waals surface area contributed by atoms with Gasteiger partial charge < -0.3 is 9.30 Å². The molecular formula is C18H23N3O2S. The highest BCUT2D eigenvalue weighted by Crippen LogP contribution is 2.32. The Labute approximate surface area is 146 Å². The topological polar surface area (TPSA) is 57.0 Å². The highest BCUT2D eigenvalue weighted by atomic mass is 32.2. The zero-order valence-electron chi connectivity index (χ0n) is 14.2. The second-order valence-corrected chi connectivity index (χ2v) is 7.05. The number of hydrogen-bond acceptors (Lipinski definition) is 5. The monoisotopic (exact) mass is 345 g/mol. The van der Waals surface area contributed by atoms with Crippen molar-refractivity contribution in [3.63, 3.8) is 0 Å². The summed E-state index contributed by atoms with van der Waals surface area (Å²) in [5.74, 6) is 1.95. The van der Waals surface area contributed by atoms with Gasteiger partial charge in [-0.2, -0.15) is 0 Å². The first-order valence-corrected chi connectivity index (χ1v) is 9.39. The number of ether oxygens (including phenoxy) is 1. The molecule has 0 saturated heterocycles. The molecule has 1 aliphatic rings. The van der Waals surface area contributed by atoms with Gasteiger partial charge >= 0.3 is 0 Å². The number of nitrogens with zero attached hydrogens (tertiary/aromatic N) is 3. The van der Waals surface area contributed by atoms with Gasteiger partial charge in [0.25, 0.3) is 0 Å². The maximum atomic E-state index is 12.5. The molecule has 1 fully saturated rings. The normalized spacial score (nSPS) is 15.4. The summed E-state index contributed by atoms with van der Waals surface area (Å²) in [4.78, 5) is 12.5. The van der Waals surface area contributed by atoms with E-state index in [1.807, 2.05) is 25.1 Å². The van der Waals surface area contributed by atoms with Crippen LogP contribution in [0.3, 0.4) is 0 Å². The molecule has 2 aromatic rings. The Morgan fingerprint density at radius 3 is 2.75 bits per heavy atom. The summed E-state index contributed by atoms with van der Waals surface area (Å²) in [6.07, 6.45) is 6.17. The molecule has 0 unspecified atom stereocenters. The van der Waals surface area contributed by atoms with Crippen LogP contribution in [0.25, 0.3) is 0 Å². The summed E-state index contributed by atoms with van der Waals surface area (Å²) in [5, 5.41) is 9.37. The van der Waals surface area contributed by atoms with Crippen molar-refractivity contribution in [1.82, 2.24) is 14.8 Å². The van der Waals surface area contributed by atoms with Gasteiger partial charge in [-0.15, -0.1) is 10.2 Å². The predicted octanol–water partition coefficient (Wildman–Crippen LogP) is 4.08. The van der Waals surface area contributed by atoms with Gasteiger partial charge in [0.2, 0.25) is 0 Å². The van der Waals surface area contributed by atoms with Crippen LogP contribution in [-0.2, 0) is 0 Å². The molecule has 0 bridgehead atoms. The summed E-state index contributed by atoms with van der Waals surface area (Å²) < 4.78 is 7.50. The van der Waals surface area contributed by atoms with Crippen molar-refractivity contribution >= 4 is 17.5 Å². The van der Waals surface area contributed by atoms with Crippen LogP contribution in [0, 0.1) is 6.92 Å². The molecule has 0 aliphatic heterocycles. The Balaban J connectivity index is 1.72. The first-order chi connectivity index (χ1) is 11.7. The van der Waals surface area contributed by atoms with Crippen LogP contribution in [0.15, 0.2) is 29.4 Å².